The Kier molecular flexibility index (Phi) is 8.06. The van der Waals surface area contributed by atoms with Gasteiger partial charge in [-0.1, -0.05) is 6.92 Å². The highest BCUT2D eigenvalue weighted by molar-refractivity contribution is 8.00. The van der Waals surface area contributed by atoms with Gasteiger partial charge in [-0.15, -0.1) is 11.8 Å². The number of rotatable bonds is 8. The molecular weight excluding hydrogens is 292 g/mol. The number of aliphatic hydroxyl groups is 1. The van der Waals surface area contributed by atoms with Crippen LogP contribution in [0.3, 0.4) is 0 Å². The third kappa shape index (κ3) is 6.67. The minimum Gasteiger partial charge on any atom is -0.396 e. The molecule has 0 spiro atoms. The van der Waals surface area contributed by atoms with Crippen molar-refractivity contribution in [3.8, 4) is 0 Å². The molecule has 1 aliphatic rings. The van der Waals surface area contributed by atoms with Crippen molar-refractivity contribution < 1.29 is 19.4 Å². The monoisotopic (exact) mass is 318 g/mol. The molecule has 0 aromatic heterocycles. The minimum absolute atomic E-state index is 0.0489. The Morgan fingerprint density at radius 2 is 2.00 bits per heavy atom. The number of amides is 2. The molecule has 1 fully saturated rings. The second-order valence-corrected chi connectivity index (χ2v) is 6.41. The summed E-state index contributed by atoms with van der Waals surface area (Å²) in [6.07, 6.45) is 1.29. The van der Waals surface area contributed by atoms with E-state index in [0.29, 0.717) is 38.5 Å². The van der Waals surface area contributed by atoms with E-state index in [0.717, 1.165) is 6.42 Å². The first kappa shape index (κ1) is 18.3. The molecule has 2 N–H and O–H groups in total. The maximum atomic E-state index is 11.9. The van der Waals surface area contributed by atoms with Crippen LogP contribution in [0.5, 0.6) is 0 Å². The van der Waals surface area contributed by atoms with Gasteiger partial charge >= 0.3 is 0 Å². The van der Waals surface area contributed by atoms with Gasteiger partial charge in [0.1, 0.15) is 0 Å². The molecule has 7 heteroatoms. The highest BCUT2D eigenvalue weighted by Crippen LogP contribution is 2.14. The molecule has 1 atom stereocenters. The van der Waals surface area contributed by atoms with Gasteiger partial charge in [-0.3, -0.25) is 9.59 Å². The SMILES string of the molecule is CCC(C)(CCO)NC(=O)CSCC(=O)N1CCOCC1. The number of aliphatic hydroxyl groups excluding tert-OH is 1. The van der Waals surface area contributed by atoms with Gasteiger partial charge in [0.25, 0.3) is 0 Å². The molecule has 0 radical (unpaired) electrons. The van der Waals surface area contributed by atoms with E-state index < -0.39 is 0 Å². The lowest BCUT2D eigenvalue weighted by Gasteiger charge is -2.29. The lowest BCUT2D eigenvalue weighted by Crippen LogP contribution is -2.47. The predicted molar refractivity (Wildman–Crippen MR) is 83.3 cm³/mol. The molecule has 0 aliphatic carbocycles. The summed E-state index contributed by atoms with van der Waals surface area (Å²) in [5, 5.41) is 12.0. The van der Waals surface area contributed by atoms with Crippen molar-refractivity contribution in [3.05, 3.63) is 0 Å². The van der Waals surface area contributed by atoms with Crippen molar-refractivity contribution in [3.63, 3.8) is 0 Å². The summed E-state index contributed by atoms with van der Waals surface area (Å²) in [5.74, 6) is 0.546. The number of thioether (sulfide) groups is 1. The van der Waals surface area contributed by atoms with Crippen molar-refractivity contribution in [1.29, 1.82) is 0 Å². The van der Waals surface area contributed by atoms with Gasteiger partial charge in [0, 0.05) is 25.2 Å². The normalized spacial score (nSPS) is 18.1. The summed E-state index contributed by atoms with van der Waals surface area (Å²) < 4.78 is 5.20. The van der Waals surface area contributed by atoms with Gasteiger partial charge in [-0.2, -0.15) is 0 Å². The van der Waals surface area contributed by atoms with E-state index in [4.69, 9.17) is 9.84 Å². The molecule has 0 aromatic carbocycles. The number of hydrogen-bond acceptors (Lipinski definition) is 5. The Labute approximate surface area is 130 Å². The maximum absolute atomic E-state index is 11.9. The number of nitrogens with zero attached hydrogens (tertiary/aromatic N) is 1. The average molecular weight is 318 g/mol. The fraction of sp³-hybridized carbons (Fsp3) is 0.857. The van der Waals surface area contributed by atoms with Gasteiger partial charge in [0.15, 0.2) is 0 Å². The molecule has 21 heavy (non-hydrogen) atoms. The molecule has 2 amide bonds. The average Bonchev–Trinajstić information content (AvgIpc) is 2.48. The van der Waals surface area contributed by atoms with Crippen molar-refractivity contribution in [1.82, 2.24) is 10.2 Å². The van der Waals surface area contributed by atoms with Crippen molar-refractivity contribution in [2.24, 2.45) is 0 Å². The zero-order valence-corrected chi connectivity index (χ0v) is 13.7. The molecule has 1 aliphatic heterocycles. The second kappa shape index (κ2) is 9.27. The van der Waals surface area contributed by atoms with E-state index in [-0.39, 0.29) is 29.7 Å². The molecule has 1 saturated heterocycles. The van der Waals surface area contributed by atoms with Crippen molar-refractivity contribution in [2.75, 3.05) is 44.4 Å². The summed E-state index contributed by atoms with van der Waals surface area (Å²) in [6, 6.07) is 0. The topological polar surface area (TPSA) is 78.9 Å². The Bertz CT molecular complexity index is 348. The van der Waals surface area contributed by atoms with Gasteiger partial charge < -0.3 is 20.1 Å². The van der Waals surface area contributed by atoms with Gasteiger partial charge in [-0.05, 0) is 19.8 Å². The Morgan fingerprint density at radius 1 is 1.33 bits per heavy atom. The number of nitrogens with one attached hydrogen (secondary N) is 1. The highest BCUT2D eigenvalue weighted by atomic mass is 32.2. The van der Waals surface area contributed by atoms with Gasteiger partial charge in [0.2, 0.25) is 11.8 Å². The summed E-state index contributed by atoms with van der Waals surface area (Å²) in [6.45, 7) is 6.40. The first-order valence-corrected chi connectivity index (χ1v) is 8.51. The van der Waals surface area contributed by atoms with Crippen LogP contribution < -0.4 is 5.32 Å². The Balaban J connectivity index is 2.24. The quantitative estimate of drug-likeness (QED) is 0.670. The van der Waals surface area contributed by atoms with Gasteiger partial charge in [-0.25, -0.2) is 0 Å². The molecule has 0 bridgehead atoms. The highest BCUT2D eigenvalue weighted by Gasteiger charge is 2.23. The number of ether oxygens (including phenoxy) is 1. The van der Waals surface area contributed by atoms with E-state index in [9.17, 15) is 9.59 Å². The number of carbonyl (C=O) groups excluding carboxylic acids is 2. The minimum atomic E-state index is -0.374. The zero-order chi connectivity index (χ0) is 15.7. The lowest BCUT2D eigenvalue weighted by molar-refractivity contribution is -0.132. The summed E-state index contributed by atoms with van der Waals surface area (Å²) >= 11 is 1.33. The standard InChI is InChI=1S/C14H26N2O4S/c1-3-14(2,4-7-17)15-12(18)10-21-11-13(19)16-5-8-20-9-6-16/h17H,3-11H2,1-2H3,(H,15,18). The van der Waals surface area contributed by atoms with E-state index in [2.05, 4.69) is 5.32 Å². The van der Waals surface area contributed by atoms with Crippen LogP contribution in [0.4, 0.5) is 0 Å². The fourth-order valence-corrected chi connectivity index (χ4v) is 2.80. The molecule has 1 heterocycles. The van der Waals surface area contributed by atoms with Crippen LogP contribution in [0.1, 0.15) is 26.7 Å². The van der Waals surface area contributed by atoms with E-state index in [1.54, 1.807) is 4.90 Å². The number of hydrogen-bond donors (Lipinski definition) is 2. The van der Waals surface area contributed by atoms with E-state index in [1.165, 1.54) is 11.8 Å². The maximum Gasteiger partial charge on any atom is 0.232 e. The van der Waals surface area contributed by atoms with Crippen LogP contribution in [-0.4, -0.2) is 71.8 Å². The summed E-state index contributed by atoms with van der Waals surface area (Å²) in [5.41, 5.74) is -0.374. The van der Waals surface area contributed by atoms with Crippen LogP contribution >= 0.6 is 11.8 Å². The second-order valence-electron chi connectivity index (χ2n) is 5.42. The van der Waals surface area contributed by atoms with Crippen LogP contribution in [0.2, 0.25) is 0 Å². The molecule has 0 aromatic rings. The molecule has 1 unspecified atom stereocenters. The van der Waals surface area contributed by atoms with E-state index >= 15 is 0 Å². The van der Waals surface area contributed by atoms with Crippen LogP contribution in [-0.2, 0) is 14.3 Å². The Hall–Kier alpha value is -0.790. The molecule has 6 nitrogen and oxygen atoms in total. The van der Waals surface area contributed by atoms with E-state index in [1.807, 2.05) is 13.8 Å². The van der Waals surface area contributed by atoms with Crippen LogP contribution in [0.15, 0.2) is 0 Å². The molecule has 1 rings (SSSR count). The number of morpholine rings is 1. The third-order valence-electron chi connectivity index (χ3n) is 3.71. The Morgan fingerprint density at radius 3 is 2.57 bits per heavy atom. The van der Waals surface area contributed by atoms with Gasteiger partial charge in [0.05, 0.1) is 24.7 Å². The molecule has 0 saturated carbocycles. The van der Waals surface area contributed by atoms with Crippen LogP contribution in [0.25, 0.3) is 0 Å². The van der Waals surface area contributed by atoms with Crippen molar-refractivity contribution >= 4 is 23.6 Å². The first-order chi connectivity index (χ1) is 10.0. The van der Waals surface area contributed by atoms with Crippen LogP contribution in [0, 0.1) is 0 Å². The molecule has 122 valence electrons. The fourth-order valence-electron chi connectivity index (χ4n) is 2.08. The first-order valence-electron chi connectivity index (χ1n) is 7.36. The third-order valence-corrected chi connectivity index (χ3v) is 4.62. The lowest BCUT2D eigenvalue weighted by atomic mass is 9.95. The summed E-state index contributed by atoms with van der Waals surface area (Å²) in [7, 11) is 0. The molecular formula is C14H26N2O4S. The smallest absolute Gasteiger partial charge is 0.232 e. The number of carbonyl (C=O) groups is 2. The predicted octanol–water partition coefficient (Wildman–Crippen LogP) is 0.246. The zero-order valence-electron chi connectivity index (χ0n) is 12.9. The largest absolute Gasteiger partial charge is 0.396 e. The van der Waals surface area contributed by atoms with Crippen molar-refractivity contribution in [2.45, 2.75) is 32.2 Å². The summed E-state index contributed by atoms with van der Waals surface area (Å²) in [4.78, 5) is 25.6.